The second-order valence-electron chi connectivity index (χ2n) is 4.32. The van der Waals surface area contributed by atoms with Gasteiger partial charge in [-0.2, -0.15) is 10.1 Å². The van der Waals surface area contributed by atoms with E-state index in [0.717, 1.165) is 18.4 Å². The Labute approximate surface area is 98.7 Å². The van der Waals surface area contributed by atoms with Gasteiger partial charge in [0, 0.05) is 0 Å². The first-order valence-electron chi connectivity index (χ1n) is 5.56. The van der Waals surface area contributed by atoms with E-state index in [4.69, 9.17) is 5.26 Å². The van der Waals surface area contributed by atoms with E-state index >= 15 is 0 Å². The summed E-state index contributed by atoms with van der Waals surface area (Å²) < 4.78 is 0. The fourth-order valence-electron chi connectivity index (χ4n) is 1.76. The first kappa shape index (κ1) is 9.97. The van der Waals surface area contributed by atoms with E-state index in [-0.39, 0.29) is 0 Å². The lowest BCUT2D eigenvalue weighted by molar-refractivity contribution is 0.568. The van der Waals surface area contributed by atoms with Crippen molar-refractivity contribution in [2.75, 3.05) is 0 Å². The summed E-state index contributed by atoms with van der Waals surface area (Å²) >= 11 is 0. The van der Waals surface area contributed by atoms with Crippen molar-refractivity contribution in [2.24, 2.45) is 0 Å². The normalized spacial score (nSPS) is 16.4. The molecular weight excluding hydrogens is 214 g/mol. The van der Waals surface area contributed by atoms with Crippen LogP contribution in [-0.2, 0) is 12.0 Å². The van der Waals surface area contributed by atoms with Crippen LogP contribution in [0.3, 0.4) is 0 Å². The third kappa shape index (κ3) is 1.78. The van der Waals surface area contributed by atoms with Crippen molar-refractivity contribution in [1.29, 1.82) is 5.26 Å². The summed E-state index contributed by atoms with van der Waals surface area (Å²) in [7, 11) is 0. The Morgan fingerprint density at radius 3 is 2.71 bits per heavy atom. The Bertz CT molecular complexity index is 562. The van der Waals surface area contributed by atoms with E-state index in [2.05, 4.69) is 21.5 Å². The van der Waals surface area contributed by atoms with Gasteiger partial charge in [0.25, 0.3) is 0 Å². The Hall–Kier alpha value is -2.22. The summed E-state index contributed by atoms with van der Waals surface area (Å²) in [6.07, 6.45) is 1.70. The van der Waals surface area contributed by atoms with Crippen LogP contribution in [-0.4, -0.2) is 20.2 Å². The van der Waals surface area contributed by atoms with Gasteiger partial charge in [0.05, 0.1) is 12.6 Å². The van der Waals surface area contributed by atoms with Gasteiger partial charge in [-0.25, -0.2) is 0 Å². The molecule has 1 fully saturated rings. The monoisotopic (exact) mass is 225 g/mol. The number of tetrazole rings is 1. The highest BCUT2D eigenvalue weighted by molar-refractivity contribution is 5.28. The highest BCUT2D eigenvalue weighted by Gasteiger charge is 2.49. The lowest BCUT2D eigenvalue weighted by Gasteiger charge is -1.98. The van der Waals surface area contributed by atoms with E-state index in [9.17, 15) is 0 Å². The van der Waals surface area contributed by atoms with Gasteiger partial charge in [0.1, 0.15) is 5.41 Å². The molecule has 5 heteroatoms. The molecule has 0 bridgehead atoms. The van der Waals surface area contributed by atoms with Crippen LogP contribution in [0.4, 0.5) is 0 Å². The van der Waals surface area contributed by atoms with E-state index in [1.807, 2.05) is 30.3 Å². The predicted molar refractivity (Wildman–Crippen MR) is 59.9 cm³/mol. The first-order chi connectivity index (χ1) is 8.32. The van der Waals surface area contributed by atoms with Gasteiger partial charge < -0.3 is 0 Å². The largest absolute Gasteiger partial charge is 0.197 e. The molecular formula is C12H11N5. The topological polar surface area (TPSA) is 67.4 Å². The van der Waals surface area contributed by atoms with Crippen molar-refractivity contribution in [2.45, 2.75) is 24.8 Å². The summed E-state index contributed by atoms with van der Waals surface area (Å²) in [6.45, 7) is 0.593. The summed E-state index contributed by atoms with van der Waals surface area (Å²) in [5.41, 5.74) is 0.674. The van der Waals surface area contributed by atoms with Crippen LogP contribution in [0.15, 0.2) is 30.3 Å². The highest BCUT2D eigenvalue weighted by Crippen LogP contribution is 2.45. The zero-order valence-electron chi connectivity index (χ0n) is 9.24. The Kier molecular flexibility index (Phi) is 2.15. The second-order valence-corrected chi connectivity index (χ2v) is 4.32. The minimum absolute atomic E-state index is 0.449. The summed E-state index contributed by atoms with van der Waals surface area (Å²) in [6, 6.07) is 12.2. The van der Waals surface area contributed by atoms with Crippen molar-refractivity contribution >= 4 is 0 Å². The molecule has 0 amide bonds. The molecule has 0 N–H and O–H groups in total. The minimum atomic E-state index is -0.449. The van der Waals surface area contributed by atoms with Crippen LogP contribution in [0.2, 0.25) is 0 Å². The zero-order chi connectivity index (χ0) is 11.7. The molecule has 84 valence electrons. The number of benzene rings is 1. The second kappa shape index (κ2) is 3.67. The van der Waals surface area contributed by atoms with Crippen LogP contribution in [0.25, 0.3) is 0 Å². The molecule has 0 saturated heterocycles. The molecule has 5 nitrogen and oxygen atoms in total. The fourth-order valence-corrected chi connectivity index (χ4v) is 1.76. The van der Waals surface area contributed by atoms with E-state index in [0.29, 0.717) is 12.4 Å². The van der Waals surface area contributed by atoms with Crippen LogP contribution in [0, 0.1) is 11.3 Å². The van der Waals surface area contributed by atoms with Gasteiger partial charge in [0.15, 0.2) is 5.82 Å². The van der Waals surface area contributed by atoms with E-state index < -0.39 is 5.41 Å². The maximum Gasteiger partial charge on any atom is 0.194 e. The molecule has 2 aromatic rings. The molecule has 0 unspecified atom stereocenters. The predicted octanol–water partition coefficient (Wildman–Crippen LogP) is 1.28. The molecule has 0 aliphatic heterocycles. The molecule has 17 heavy (non-hydrogen) atoms. The smallest absolute Gasteiger partial charge is 0.194 e. The van der Waals surface area contributed by atoms with Gasteiger partial charge in [0.2, 0.25) is 0 Å². The average Bonchev–Trinajstić information content (AvgIpc) is 3.05. The SMILES string of the molecule is N#CC1(c2nnn(Cc3ccccc3)n2)CC1. The summed E-state index contributed by atoms with van der Waals surface area (Å²) in [4.78, 5) is 1.54. The first-order valence-corrected chi connectivity index (χ1v) is 5.56. The van der Waals surface area contributed by atoms with Crippen LogP contribution in [0.5, 0.6) is 0 Å². The number of aromatic nitrogens is 4. The number of nitrogens with zero attached hydrogens (tertiary/aromatic N) is 5. The molecule has 3 rings (SSSR count). The Morgan fingerprint density at radius 1 is 1.29 bits per heavy atom. The van der Waals surface area contributed by atoms with E-state index in [1.165, 1.54) is 0 Å². The third-order valence-corrected chi connectivity index (χ3v) is 3.01. The minimum Gasteiger partial charge on any atom is -0.197 e. The molecule has 1 aromatic heterocycles. The van der Waals surface area contributed by atoms with Gasteiger partial charge in [-0.3, -0.25) is 0 Å². The molecule has 1 aliphatic carbocycles. The Morgan fingerprint density at radius 2 is 2.06 bits per heavy atom. The number of hydrogen-bond donors (Lipinski definition) is 0. The van der Waals surface area contributed by atoms with Gasteiger partial charge >= 0.3 is 0 Å². The molecule has 0 spiro atoms. The van der Waals surface area contributed by atoms with Gasteiger partial charge in [-0.05, 0) is 23.6 Å². The summed E-state index contributed by atoms with van der Waals surface area (Å²) in [5, 5.41) is 21.3. The van der Waals surface area contributed by atoms with Crippen molar-refractivity contribution < 1.29 is 0 Å². The standard InChI is InChI=1S/C12H11N5/c13-9-12(6-7-12)11-14-16-17(15-11)8-10-4-2-1-3-5-10/h1-5H,6-8H2. The maximum atomic E-state index is 9.04. The van der Waals surface area contributed by atoms with Crippen molar-refractivity contribution in [3.05, 3.63) is 41.7 Å². The summed E-state index contributed by atoms with van der Waals surface area (Å²) in [5.74, 6) is 0.566. The van der Waals surface area contributed by atoms with Crippen LogP contribution >= 0.6 is 0 Å². The maximum absolute atomic E-state index is 9.04. The highest BCUT2D eigenvalue weighted by atomic mass is 15.6. The quantitative estimate of drug-likeness (QED) is 0.789. The van der Waals surface area contributed by atoms with Crippen LogP contribution < -0.4 is 0 Å². The van der Waals surface area contributed by atoms with Crippen molar-refractivity contribution in [3.8, 4) is 6.07 Å². The van der Waals surface area contributed by atoms with E-state index in [1.54, 1.807) is 4.80 Å². The van der Waals surface area contributed by atoms with Crippen molar-refractivity contribution in [3.63, 3.8) is 0 Å². The number of nitriles is 1. The van der Waals surface area contributed by atoms with Crippen LogP contribution in [0.1, 0.15) is 24.2 Å². The zero-order valence-corrected chi connectivity index (χ0v) is 9.24. The molecule has 1 aromatic carbocycles. The molecule has 1 aliphatic rings. The average molecular weight is 225 g/mol. The van der Waals surface area contributed by atoms with Crippen molar-refractivity contribution in [1.82, 2.24) is 20.2 Å². The molecule has 0 atom stereocenters. The number of hydrogen-bond acceptors (Lipinski definition) is 4. The lowest BCUT2D eigenvalue weighted by Crippen LogP contribution is -2.08. The molecule has 1 heterocycles. The fraction of sp³-hybridized carbons (Fsp3) is 0.333. The Balaban J connectivity index is 1.80. The van der Waals surface area contributed by atoms with Gasteiger partial charge in [-0.15, -0.1) is 10.2 Å². The van der Waals surface area contributed by atoms with Gasteiger partial charge in [-0.1, -0.05) is 30.3 Å². The lowest BCUT2D eigenvalue weighted by atomic mass is 10.1. The third-order valence-electron chi connectivity index (χ3n) is 3.01. The number of rotatable bonds is 3. The molecule has 0 radical (unpaired) electrons. The molecule has 1 saturated carbocycles.